The third kappa shape index (κ3) is 10.1. The zero-order chi connectivity index (χ0) is 44.0. The van der Waals surface area contributed by atoms with Gasteiger partial charge in [-0.25, -0.2) is 0 Å². The molecule has 8 aromatic heterocycles. The van der Waals surface area contributed by atoms with Crippen LogP contribution in [0, 0.1) is 129 Å². The molecule has 8 rings (SSSR count). The van der Waals surface area contributed by atoms with E-state index in [0.717, 1.165) is 53.9 Å². The first kappa shape index (κ1) is 44.7. The van der Waals surface area contributed by atoms with Gasteiger partial charge < -0.3 is 0 Å². The van der Waals surface area contributed by atoms with Gasteiger partial charge in [-0.15, -0.1) is 6.42 Å². The quantitative estimate of drug-likeness (QED) is 0.117. The van der Waals surface area contributed by atoms with Gasteiger partial charge in [-0.1, -0.05) is 0 Å². The molecule has 0 saturated carbocycles. The van der Waals surface area contributed by atoms with Gasteiger partial charge >= 0.3 is 406 Å². The molecule has 0 atom stereocenters. The normalized spacial score (nSPS) is 9.81. The molecule has 0 aliphatic carbocycles. The summed E-state index contributed by atoms with van der Waals surface area (Å²) in [5.74, 6) is 41.1. The molecule has 63 heavy (non-hydrogen) atoms. The Balaban J connectivity index is 1.14. The van der Waals surface area contributed by atoms with Crippen molar-refractivity contribution in [3.05, 3.63) is 89.7 Å². The van der Waals surface area contributed by atoms with Gasteiger partial charge in [0.05, 0.1) is 0 Å². The van der Waals surface area contributed by atoms with Crippen molar-refractivity contribution < 1.29 is 0 Å². The van der Waals surface area contributed by atoms with Crippen molar-refractivity contribution in [1.82, 2.24) is 9.97 Å². The van der Waals surface area contributed by atoms with Crippen molar-refractivity contribution in [2.24, 2.45) is 0 Å². The van der Waals surface area contributed by atoms with E-state index in [2.05, 4.69) is 178 Å². The Morgan fingerprint density at radius 1 is 0.460 bits per heavy atom. The van der Waals surface area contributed by atoms with Crippen molar-refractivity contribution in [2.75, 3.05) is 0 Å². The molecule has 12 heteroatoms. The zero-order valence-electron chi connectivity index (χ0n) is 32.8. The average molecular weight is 1170 g/mol. The van der Waals surface area contributed by atoms with Crippen molar-refractivity contribution in [3.63, 3.8) is 0 Å². The maximum atomic E-state index is 5.40. The summed E-state index contributed by atoms with van der Waals surface area (Å²) in [6.07, 6.45) is 16.1. The van der Waals surface area contributed by atoms with Crippen LogP contribution >= 0.6 is 99.9 Å². The van der Waals surface area contributed by atoms with Crippen LogP contribution in [0.4, 0.5) is 0 Å². The number of aryl methyl sites for hydroxylation is 3. The fourth-order valence-electron chi connectivity index (χ4n) is 5.95. The molecule has 0 spiro atoms. The van der Waals surface area contributed by atoms with Crippen molar-refractivity contribution >= 4 is 129 Å². The second kappa shape index (κ2) is 20.3. The number of aromatic nitrogens is 2. The summed E-state index contributed by atoms with van der Waals surface area (Å²) in [5, 5.41) is 1.87. The van der Waals surface area contributed by atoms with Gasteiger partial charge in [0.15, 0.2) is 0 Å². The van der Waals surface area contributed by atoms with Gasteiger partial charge in [0.2, 0.25) is 0 Å². The van der Waals surface area contributed by atoms with E-state index in [4.69, 9.17) is 29.2 Å². The SMILES string of the molecule is C#CC#CC#Cc1cc(Br)sc1-c1cc(C#CC#CC#C)c(-c2nc(C#CC#CC#C)c(-c3ccc(-c4ccc(-c5sc(-c6sc(-c7sc(Br)cc7C)cc6C)nc5C)[se]4)[se]3)s2)s1. The van der Waals surface area contributed by atoms with E-state index in [1.54, 1.807) is 56.7 Å². The van der Waals surface area contributed by atoms with E-state index in [-0.39, 0.29) is 29.0 Å². The van der Waals surface area contributed by atoms with E-state index in [0.29, 0.717) is 5.69 Å². The Morgan fingerprint density at radius 3 is 1.60 bits per heavy atom. The summed E-state index contributed by atoms with van der Waals surface area (Å²) in [7, 11) is 0. The molecule has 0 fully saturated rings. The first-order valence-corrected chi connectivity index (χ1v) is 27.9. The number of terminal acetylenes is 3. The molecule has 0 saturated heterocycles. The van der Waals surface area contributed by atoms with Gasteiger partial charge in [0.25, 0.3) is 0 Å². The standard InChI is InChI=1S/C51H20Br2N2S6Se2/c1-7-10-13-16-19-33-28-37(47-34(29-43(53)59-47)20-17-14-11-8-2)57-48(33)51-55-35(21-18-15-12-9-3)49(61-51)41-25-23-39(63-41)38-22-24-40(62-38)46-32(6)54-50(60-46)45-30(4)26-36(56-45)44-31(5)27-42(52)58-44/h1-3,22-29H,4-6H3. The van der Waals surface area contributed by atoms with Crippen LogP contribution < -0.4 is 0 Å². The Labute approximate surface area is 419 Å². The van der Waals surface area contributed by atoms with E-state index in [1.165, 1.54) is 48.4 Å². The number of hydrogen-bond acceptors (Lipinski definition) is 8. The minimum absolute atomic E-state index is 0.0160. The van der Waals surface area contributed by atoms with Crippen LogP contribution in [0.2, 0.25) is 0 Å². The topological polar surface area (TPSA) is 25.8 Å². The molecule has 0 N–H and O–H groups in total. The van der Waals surface area contributed by atoms with Crippen molar-refractivity contribution in [3.8, 4) is 175 Å². The summed E-state index contributed by atoms with van der Waals surface area (Å²) < 4.78 is 7.37. The minimum atomic E-state index is 0.0160. The average Bonchev–Trinajstić information content (AvgIpc) is 4.12. The molecule has 8 heterocycles. The van der Waals surface area contributed by atoms with E-state index in [9.17, 15) is 0 Å². The van der Waals surface area contributed by atoms with E-state index in [1.807, 2.05) is 23.5 Å². The number of nitrogens with zero attached hydrogens (tertiary/aromatic N) is 2. The Morgan fingerprint density at radius 2 is 0.968 bits per heavy atom. The molecule has 0 aromatic carbocycles. The number of hydrogen-bond donors (Lipinski definition) is 0. The predicted octanol–water partition coefficient (Wildman–Crippen LogP) is 13.0. The van der Waals surface area contributed by atoms with Gasteiger partial charge in [-0.3, -0.25) is 0 Å². The molecule has 0 radical (unpaired) electrons. The predicted molar refractivity (Wildman–Crippen MR) is 281 cm³/mol. The number of rotatable bonds is 7. The zero-order valence-corrected chi connectivity index (χ0v) is 44.3. The van der Waals surface area contributed by atoms with Gasteiger partial charge in [-0.2, -0.15) is 0 Å². The molecule has 0 aliphatic heterocycles. The summed E-state index contributed by atoms with van der Waals surface area (Å²) in [6.45, 7) is 6.49. The fraction of sp³-hybridized carbons (Fsp3) is 0.0588. The van der Waals surface area contributed by atoms with Crippen LogP contribution in [0.1, 0.15) is 33.6 Å². The van der Waals surface area contributed by atoms with Gasteiger partial charge in [0, 0.05) is 0 Å². The molecular formula is C51H20Br2N2S6Se2. The first-order valence-electron chi connectivity index (χ1n) is 18.0. The Hall–Kier alpha value is -4.94. The number of thiazole rings is 2. The van der Waals surface area contributed by atoms with Gasteiger partial charge in [0.1, 0.15) is 0 Å². The third-order valence-electron chi connectivity index (χ3n) is 8.57. The summed E-state index contributed by atoms with van der Waals surface area (Å²) in [6, 6.07) is 17.6. The summed E-state index contributed by atoms with van der Waals surface area (Å²) in [5.41, 5.74) is 5.87. The first-order chi connectivity index (χ1) is 30.6. The van der Waals surface area contributed by atoms with E-state index >= 15 is 0 Å². The fourth-order valence-corrected chi connectivity index (χ4v) is 19.6. The molecular weight excluding hydrogens is 1150 g/mol. The summed E-state index contributed by atoms with van der Waals surface area (Å²) >= 11 is 17.6. The number of thiophene rings is 4. The second-order valence-corrected chi connectivity index (χ2v) is 26.2. The van der Waals surface area contributed by atoms with E-state index < -0.39 is 0 Å². The van der Waals surface area contributed by atoms with Crippen molar-refractivity contribution in [1.29, 1.82) is 0 Å². The molecule has 0 aliphatic rings. The van der Waals surface area contributed by atoms with Crippen LogP contribution in [-0.2, 0) is 0 Å². The van der Waals surface area contributed by atoms with Crippen LogP contribution in [0.3, 0.4) is 0 Å². The van der Waals surface area contributed by atoms with Crippen LogP contribution in [-0.4, -0.2) is 39.0 Å². The molecule has 8 aromatic rings. The summed E-state index contributed by atoms with van der Waals surface area (Å²) in [4.78, 5) is 19.2. The monoisotopic (exact) mass is 1170 g/mol. The van der Waals surface area contributed by atoms with Crippen molar-refractivity contribution in [2.45, 2.75) is 20.8 Å². The molecule has 2 nitrogen and oxygen atoms in total. The van der Waals surface area contributed by atoms with Crippen LogP contribution in [0.5, 0.6) is 0 Å². The maximum absolute atomic E-state index is 5.40. The Bertz CT molecular complexity index is 3680. The Kier molecular flexibility index (Phi) is 14.4. The molecule has 0 amide bonds. The molecule has 0 unspecified atom stereocenters. The second-order valence-electron chi connectivity index (χ2n) is 12.7. The van der Waals surface area contributed by atoms with Gasteiger partial charge in [-0.05, 0) is 11.8 Å². The number of halogens is 2. The molecule has 0 bridgehead atoms. The molecule has 296 valence electrons. The van der Waals surface area contributed by atoms with Crippen LogP contribution in [0.25, 0.3) is 66.8 Å². The van der Waals surface area contributed by atoms with Crippen LogP contribution in [0.15, 0.2) is 56.1 Å². The third-order valence-corrected chi connectivity index (χ3v) is 23.3.